The first-order valence-corrected chi connectivity index (χ1v) is 14.3. The van der Waals surface area contributed by atoms with Crippen molar-refractivity contribution in [1.29, 1.82) is 0 Å². The average molecular weight is 580 g/mol. The maximum absolute atomic E-state index is 15.5. The van der Waals surface area contributed by atoms with Crippen LogP contribution in [0.25, 0.3) is 11.1 Å². The lowest BCUT2D eigenvalue weighted by Crippen LogP contribution is -2.49. The number of fused-ring (bicyclic) bond motifs is 3. The molecule has 1 aromatic carbocycles. The van der Waals surface area contributed by atoms with Gasteiger partial charge >= 0.3 is 6.09 Å². The van der Waals surface area contributed by atoms with Crippen LogP contribution >= 0.6 is 0 Å². The summed E-state index contributed by atoms with van der Waals surface area (Å²) in [6, 6.07) is 1.96. The van der Waals surface area contributed by atoms with E-state index in [-0.39, 0.29) is 47.6 Å². The van der Waals surface area contributed by atoms with Crippen molar-refractivity contribution in [3.63, 3.8) is 0 Å². The van der Waals surface area contributed by atoms with Crippen molar-refractivity contribution in [3.8, 4) is 5.88 Å². The van der Waals surface area contributed by atoms with Crippen LogP contribution in [0.1, 0.15) is 29.9 Å². The standard InChI is InChI=1S/C28H30FN7O6/c29-23-18-6-15(5-16(18)7-19-24(23)41-22(31-19)12-35-10-17(37)11-35)9-34-3-1-28(2-4-34)14-36(27(39)42-28)20-8-30-26-25(32-20)33-21(38)13-40-26/h7-8,15,17,37H,1-6,9-14H2,(H,32,33,38). The highest BCUT2D eigenvalue weighted by Gasteiger charge is 2.48. The summed E-state index contributed by atoms with van der Waals surface area (Å²) in [5, 5.41) is 12.1. The first kappa shape index (κ1) is 25.8. The van der Waals surface area contributed by atoms with E-state index in [0.717, 1.165) is 37.2 Å². The van der Waals surface area contributed by atoms with E-state index >= 15 is 4.39 Å². The molecular formula is C28H30FN7O6. The molecule has 14 heteroatoms. The van der Waals surface area contributed by atoms with Gasteiger partial charge in [0.1, 0.15) is 11.1 Å². The van der Waals surface area contributed by atoms with Crippen LogP contribution in [0.4, 0.5) is 20.8 Å². The zero-order chi connectivity index (χ0) is 28.6. The molecule has 2 amide bonds. The number of likely N-dealkylation sites (tertiary alicyclic amines) is 2. The van der Waals surface area contributed by atoms with Crippen LogP contribution in [0.2, 0.25) is 0 Å². The summed E-state index contributed by atoms with van der Waals surface area (Å²) >= 11 is 0. The number of hydrogen-bond donors (Lipinski definition) is 2. The van der Waals surface area contributed by atoms with E-state index in [9.17, 15) is 14.7 Å². The molecule has 1 unspecified atom stereocenters. The second-order valence-corrected chi connectivity index (χ2v) is 12.1. The molecule has 220 valence electrons. The van der Waals surface area contributed by atoms with E-state index in [1.54, 1.807) is 0 Å². The maximum atomic E-state index is 15.5. The Balaban J connectivity index is 0.886. The van der Waals surface area contributed by atoms with Crippen molar-refractivity contribution < 1.29 is 33.0 Å². The number of piperidine rings is 1. The topological polar surface area (TPSA) is 146 Å². The van der Waals surface area contributed by atoms with Crippen LogP contribution in [0.15, 0.2) is 16.7 Å². The molecule has 1 atom stereocenters. The summed E-state index contributed by atoms with van der Waals surface area (Å²) in [6.07, 6.45) is 3.44. The number of aliphatic hydroxyl groups excluding tert-OH is 1. The molecule has 5 aliphatic rings. The third kappa shape index (κ3) is 4.44. The Kier molecular flexibility index (Phi) is 5.88. The van der Waals surface area contributed by atoms with Crippen molar-refractivity contribution in [1.82, 2.24) is 24.8 Å². The Bertz CT molecular complexity index is 1600. The summed E-state index contributed by atoms with van der Waals surface area (Å²) in [6.45, 7) is 4.21. The monoisotopic (exact) mass is 579 g/mol. The number of hydrogen-bond acceptors (Lipinski definition) is 11. The Hall–Kier alpha value is -3.88. The van der Waals surface area contributed by atoms with Gasteiger partial charge in [0.25, 0.3) is 11.8 Å². The molecule has 42 heavy (non-hydrogen) atoms. The Morgan fingerprint density at radius 1 is 1.14 bits per heavy atom. The van der Waals surface area contributed by atoms with Gasteiger partial charge in [-0.3, -0.25) is 14.6 Å². The fourth-order valence-corrected chi connectivity index (χ4v) is 6.85. The summed E-state index contributed by atoms with van der Waals surface area (Å²) in [7, 11) is 0. The van der Waals surface area contributed by atoms with Crippen molar-refractivity contribution in [2.45, 2.75) is 43.9 Å². The molecule has 2 aromatic heterocycles. The highest BCUT2D eigenvalue weighted by molar-refractivity contribution is 5.94. The number of aliphatic hydroxyl groups is 1. The SMILES string of the molecule is O=C1COc2ncc(N3CC4(CCN(CC5Cc6cc7nc(CN8CC(O)C8)oc7c(F)c6C5)CC4)OC3=O)nc2N1. The molecular weight excluding hydrogens is 549 g/mol. The van der Waals surface area contributed by atoms with Gasteiger partial charge in [-0.25, -0.2) is 24.1 Å². The highest BCUT2D eigenvalue weighted by atomic mass is 19.1. The number of anilines is 2. The molecule has 3 aromatic rings. The van der Waals surface area contributed by atoms with Gasteiger partial charge in [-0.05, 0) is 36.0 Å². The van der Waals surface area contributed by atoms with Gasteiger partial charge in [-0.2, -0.15) is 0 Å². The van der Waals surface area contributed by atoms with Crippen molar-refractivity contribution in [3.05, 3.63) is 35.1 Å². The largest absolute Gasteiger partial charge is 0.465 e. The van der Waals surface area contributed by atoms with E-state index in [2.05, 4.69) is 25.2 Å². The number of nitrogens with zero attached hydrogens (tertiary/aromatic N) is 6. The number of aromatic nitrogens is 3. The third-order valence-corrected chi connectivity index (χ3v) is 9.01. The van der Waals surface area contributed by atoms with Gasteiger partial charge in [0.05, 0.1) is 25.4 Å². The van der Waals surface area contributed by atoms with E-state index < -0.39 is 11.7 Å². The molecule has 0 saturated carbocycles. The molecule has 13 nitrogen and oxygen atoms in total. The van der Waals surface area contributed by atoms with Gasteiger partial charge in [0.15, 0.2) is 29.6 Å². The number of benzene rings is 1. The minimum absolute atomic E-state index is 0.119. The smallest absolute Gasteiger partial charge is 0.416 e. The molecule has 6 heterocycles. The second kappa shape index (κ2) is 9.57. The highest BCUT2D eigenvalue weighted by Crippen LogP contribution is 2.38. The quantitative estimate of drug-likeness (QED) is 0.453. The Morgan fingerprint density at radius 2 is 1.98 bits per heavy atom. The molecule has 0 radical (unpaired) electrons. The van der Waals surface area contributed by atoms with Crippen LogP contribution in [0, 0.1) is 11.7 Å². The lowest BCUT2D eigenvalue weighted by atomic mass is 9.90. The zero-order valence-electron chi connectivity index (χ0n) is 22.8. The molecule has 1 spiro atoms. The number of nitrogens with one attached hydrogen (secondary N) is 1. The van der Waals surface area contributed by atoms with Gasteiger partial charge < -0.3 is 29.2 Å². The fraction of sp³-hybridized carbons (Fsp3) is 0.536. The lowest BCUT2D eigenvalue weighted by Gasteiger charge is -2.38. The first-order chi connectivity index (χ1) is 20.3. The van der Waals surface area contributed by atoms with E-state index in [1.807, 2.05) is 11.0 Å². The van der Waals surface area contributed by atoms with Crippen molar-refractivity contribution in [2.24, 2.45) is 5.92 Å². The Labute approximate surface area is 239 Å². The van der Waals surface area contributed by atoms with Crippen LogP contribution in [0.5, 0.6) is 5.88 Å². The molecule has 3 saturated heterocycles. The number of halogens is 1. The summed E-state index contributed by atoms with van der Waals surface area (Å²) < 4.78 is 32.4. The molecule has 3 fully saturated rings. The molecule has 8 rings (SSSR count). The minimum atomic E-state index is -0.613. The summed E-state index contributed by atoms with van der Waals surface area (Å²) in [5.74, 6) is 0.848. The number of ether oxygens (including phenoxy) is 2. The van der Waals surface area contributed by atoms with Crippen molar-refractivity contribution >= 4 is 34.7 Å². The van der Waals surface area contributed by atoms with Gasteiger partial charge in [0, 0.05) is 45.6 Å². The normalized spacial score (nSPS) is 24.0. The number of rotatable bonds is 5. The average Bonchev–Trinajstić information content (AvgIpc) is 3.64. The molecule has 2 N–H and O–H groups in total. The minimum Gasteiger partial charge on any atom is -0.465 e. The molecule has 0 bridgehead atoms. The van der Waals surface area contributed by atoms with Gasteiger partial charge in [-0.1, -0.05) is 0 Å². The van der Waals surface area contributed by atoms with Crippen LogP contribution in [0.3, 0.4) is 0 Å². The lowest BCUT2D eigenvalue weighted by molar-refractivity contribution is -0.118. The zero-order valence-corrected chi connectivity index (χ0v) is 22.8. The van der Waals surface area contributed by atoms with Gasteiger partial charge in [0.2, 0.25) is 5.89 Å². The predicted molar refractivity (Wildman–Crippen MR) is 145 cm³/mol. The number of β-amino-alcohol motifs (C(OH)–C–C–N with tert-alkyl or cyclic N) is 1. The van der Waals surface area contributed by atoms with E-state index in [0.29, 0.717) is 62.7 Å². The van der Waals surface area contributed by atoms with Crippen LogP contribution in [-0.2, 0) is 28.9 Å². The molecule has 4 aliphatic heterocycles. The maximum Gasteiger partial charge on any atom is 0.416 e. The number of carbonyl (C=O) groups excluding carboxylic acids is 2. The van der Waals surface area contributed by atoms with Crippen LogP contribution < -0.4 is 15.0 Å². The Morgan fingerprint density at radius 3 is 2.79 bits per heavy atom. The summed E-state index contributed by atoms with van der Waals surface area (Å²) in [5.41, 5.74) is 1.87. The van der Waals surface area contributed by atoms with E-state index in [1.165, 1.54) is 11.1 Å². The number of oxazole rings is 1. The third-order valence-electron chi connectivity index (χ3n) is 9.01. The number of carbonyl (C=O) groups is 2. The van der Waals surface area contributed by atoms with Gasteiger partial charge in [-0.15, -0.1) is 0 Å². The number of amides is 2. The van der Waals surface area contributed by atoms with Crippen molar-refractivity contribution in [2.75, 3.05) is 56.1 Å². The molecule has 1 aliphatic carbocycles. The fourth-order valence-electron chi connectivity index (χ4n) is 6.85. The summed E-state index contributed by atoms with van der Waals surface area (Å²) in [4.78, 5) is 43.4. The second-order valence-electron chi connectivity index (χ2n) is 12.1. The van der Waals surface area contributed by atoms with Crippen LogP contribution in [-0.4, -0.2) is 99.4 Å². The predicted octanol–water partition coefficient (Wildman–Crippen LogP) is 1.47. The van der Waals surface area contributed by atoms with E-state index in [4.69, 9.17) is 13.9 Å². The first-order valence-electron chi connectivity index (χ1n) is 14.3.